The van der Waals surface area contributed by atoms with E-state index in [2.05, 4.69) is 49.2 Å². The van der Waals surface area contributed by atoms with E-state index in [0.29, 0.717) is 0 Å². The van der Waals surface area contributed by atoms with Gasteiger partial charge in [-0.2, -0.15) is 0 Å². The number of aryl methyl sites for hydroxylation is 2. The Kier molecular flexibility index (Phi) is 3.38. The number of nitrogens with zero attached hydrogens (tertiary/aromatic N) is 1. The van der Waals surface area contributed by atoms with E-state index in [1.807, 2.05) is 24.3 Å². The van der Waals surface area contributed by atoms with Crippen molar-refractivity contribution in [2.45, 2.75) is 20.3 Å². The van der Waals surface area contributed by atoms with Gasteiger partial charge in [0.05, 0.1) is 11.0 Å². The molecular weight excluding hydrogens is 244 g/mol. The van der Waals surface area contributed by atoms with Crippen LogP contribution in [0.4, 0.5) is 0 Å². The van der Waals surface area contributed by atoms with E-state index in [9.17, 15) is 0 Å². The van der Waals surface area contributed by atoms with Crippen molar-refractivity contribution in [2.24, 2.45) is 0 Å². The van der Waals surface area contributed by atoms with Crippen molar-refractivity contribution >= 4 is 23.2 Å². The summed E-state index contributed by atoms with van der Waals surface area (Å²) in [5.74, 6) is 0.903. The minimum absolute atomic E-state index is 0.903. The van der Waals surface area contributed by atoms with Crippen LogP contribution < -0.4 is 0 Å². The van der Waals surface area contributed by atoms with Gasteiger partial charge in [0.15, 0.2) is 0 Å². The van der Waals surface area contributed by atoms with Crippen molar-refractivity contribution in [3.63, 3.8) is 0 Å². The maximum Gasteiger partial charge on any atom is 0.131 e. The van der Waals surface area contributed by atoms with Gasteiger partial charge in [0.1, 0.15) is 5.82 Å². The Labute approximate surface area is 119 Å². The first-order valence-corrected chi connectivity index (χ1v) is 6.99. The second-order valence-corrected chi connectivity index (χ2v) is 4.97. The molecule has 0 amide bonds. The molecule has 0 unspecified atom stereocenters. The van der Waals surface area contributed by atoms with Gasteiger partial charge >= 0.3 is 0 Å². The second-order valence-electron chi connectivity index (χ2n) is 4.97. The van der Waals surface area contributed by atoms with E-state index in [0.717, 1.165) is 23.3 Å². The minimum atomic E-state index is 0.903. The number of aromatic amines is 1. The number of fused-ring (bicyclic) bond motifs is 1. The van der Waals surface area contributed by atoms with E-state index in [4.69, 9.17) is 4.98 Å². The average molecular weight is 262 g/mol. The first kappa shape index (κ1) is 12.7. The Hall–Kier alpha value is -2.35. The summed E-state index contributed by atoms with van der Waals surface area (Å²) in [6.45, 7) is 4.32. The van der Waals surface area contributed by atoms with Gasteiger partial charge in [0, 0.05) is 0 Å². The zero-order chi connectivity index (χ0) is 13.9. The van der Waals surface area contributed by atoms with Gasteiger partial charge in [0.2, 0.25) is 0 Å². The molecule has 1 aromatic heterocycles. The Morgan fingerprint density at radius 2 is 1.85 bits per heavy atom. The van der Waals surface area contributed by atoms with Gasteiger partial charge in [0.25, 0.3) is 0 Å². The molecule has 0 aliphatic carbocycles. The second kappa shape index (κ2) is 5.33. The lowest BCUT2D eigenvalue weighted by atomic mass is 10.1. The summed E-state index contributed by atoms with van der Waals surface area (Å²) in [5, 5.41) is 0. The highest BCUT2D eigenvalue weighted by atomic mass is 14.9. The third-order valence-electron chi connectivity index (χ3n) is 3.65. The van der Waals surface area contributed by atoms with Crippen molar-refractivity contribution in [1.29, 1.82) is 0 Å². The number of H-pyrrole nitrogens is 1. The molecule has 0 radical (unpaired) electrons. The lowest BCUT2D eigenvalue weighted by Gasteiger charge is -2.01. The van der Waals surface area contributed by atoms with Gasteiger partial charge in [-0.1, -0.05) is 49.4 Å². The highest BCUT2D eigenvalue weighted by Crippen LogP contribution is 2.21. The highest BCUT2D eigenvalue weighted by Gasteiger charge is 2.06. The lowest BCUT2D eigenvalue weighted by molar-refractivity contribution is 1.12. The molecule has 0 aliphatic rings. The summed E-state index contributed by atoms with van der Waals surface area (Å²) in [6.07, 6.45) is 5.15. The van der Waals surface area contributed by atoms with Gasteiger partial charge in [-0.25, -0.2) is 4.98 Å². The smallest absolute Gasteiger partial charge is 0.131 e. The molecule has 2 nitrogen and oxygen atoms in total. The highest BCUT2D eigenvalue weighted by molar-refractivity contribution is 5.82. The van der Waals surface area contributed by atoms with Crippen LogP contribution in [0, 0.1) is 6.92 Å². The molecule has 2 aromatic carbocycles. The number of nitrogens with one attached hydrogen (secondary N) is 1. The summed E-state index contributed by atoms with van der Waals surface area (Å²) in [5.41, 5.74) is 6.01. The molecule has 2 heteroatoms. The van der Waals surface area contributed by atoms with Crippen LogP contribution in [-0.4, -0.2) is 9.97 Å². The molecule has 3 aromatic rings. The van der Waals surface area contributed by atoms with Crippen LogP contribution in [0.3, 0.4) is 0 Å². The molecule has 0 spiro atoms. The maximum atomic E-state index is 4.69. The van der Waals surface area contributed by atoms with Crippen LogP contribution in [0.15, 0.2) is 42.5 Å². The largest absolute Gasteiger partial charge is 0.338 e. The summed E-state index contributed by atoms with van der Waals surface area (Å²) in [7, 11) is 0. The first-order valence-electron chi connectivity index (χ1n) is 6.99. The van der Waals surface area contributed by atoms with Crippen molar-refractivity contribution in [3.05, 3.63) is 65.0 Å². The molecule has 0 saturated carbocycles. The van der Waals surface area contributed by atoms with Gasteiger partial charge < -0.3 is 4.98 Å². The predicted octanol–water partition coefficient (Wildman–Crippen LogP) is 4.60. The molecule has 1 heterocycles. The van der Waals surface area contributed by atoms with Gasteiger partial charge in [-0.3, -0.25) is 0 Å². The Morgan fingerprint density at radius 1 is 1.05 bits per heavy atom. The third-order valence-corrected chi connectivity index (χ3v) is 3.65. The van der Waals surface area contributed by atoms with Gasteiger partial charge in [-0.05, 0) is 42.2 Å². The standard InChI is InChI=1S/C18H18N2/c1-3-15-10-11-16-18(13(15)2)20-17(19-16)12-9-14-7-5-4-6-8-14/h4-12H,3H2,1-2H3,(H,19,20)/b12-9+. The van der Waals surface area contributed by atoms with Gasteiger partial charge in [-0.15, -0.1) is 0 Å². The predicted molar refractivity (Wildman–Crippen MR) is 85.6 cm³/mol. The van der Waals surface area contributed by atoms with E-state index in [1.54, 1.807) is 0 Å². The van der Waals surface area contributed by atoms with Crippen molar-refractivity contribution < 1.29 is 0 Å². The fraction of sp³-hybridized carbons (Fsp3) is 0.167. The molecule has 20 heavy (non-hydrogen) atoms. The molecule has 0 aliphatic heterocycles. The Bertz CT molecular complexity index is 752. The quantitative estimate of drug-likeness (QED) is 0.734. The van der Waals surface area contributed by atoms with Crippen LogP contribution in [-0.2, 0) is 6.42 Å². The zero-order valence-corrected chi connectivity index (χ0v) is 11.9. The fourth-order valence-electron chi connectivity index (χ4n) is 2.47. The van der Waals surface area contributed by atoms with Crippen LogP contribution in [0.5, 0.6) is 0 Å². The molecule has 0 saturated heterocycles. The normalized spacial score (nSPS) is 11.5. The lowest BCUT2D eigenvalue weighted by Crippen LogP contribution is -1.87. The number of hydrogen-bond donors (Lipinski definition) is 1. The Morgan fingerprint density at radius 3 is 2.60 bits per heavy atom. The minimum Gasteiger partial charge on any atom is -0.338 e. The summed E-state index contributed by atoms with van der Waals surface area (Å²) >= 11 is 0. The molecule has 1 N–H and O–H groups in total. The van der Waals surface area contributed by atoms with E-state index < -0.39 is 0 Å². The molecule has 0 fully saturated rings. The summed E-state index contributed by atoms with van der Waals surface area (Å²) in [6, 6.07) is 14.6. The average Bonchev–Trinajstić information content (AvgIpc) is 2.91. The van der Waals surface area contributed by atoms with Crippen LogP contribution in [0.1, 0.15) is 29.4 Å². The van der Waals surface area contributed by atoms with Crippen molar-refractivity contribution in [1.82, 2.24) is 9.97 Å². The number of imidazole rings is 1. The number of benzene rings is 2. The van der Waals surface area contributed by atoms with E-state index >= 15 is 0 Å². The number of aromatic nitrogens is 2. The summed E-state index contributed by atoms with van der Waals surface area (Å²) in [4.78, 5) is 8.05. The van der Waals surface area contributed by atoms with Crippen LogP contribution >= 0.6 is 0 Å². The monoisotopic (exact) mass is 262 g/mol. The van der Waals surface area contributed by atoms with E-state index in [-0.39, 0.29) is 0 Å². The zero-order valence-electron chi connectivity index (χ0n) is 11.9. The molecule has 0 atom stereocenters. The maximum absolute atomic E-state index is 4.69. The molecule has 3 rings (SSSR count). The van der Waals surface area contributed by atoms with Crippen molar-refractivity contribution in [3.8, 4) is 0 Å². The summed E-state index contributed by atoms with van der Waals surface area (Å²) < 4.78 is 0. The van der Waals surface area contributed by atoms with Crippen LogP contribution in [0.25, 0.3) is 23.2 Å². The topological polar surface area (TPSA) is 28.7 Å². The van der Waals surface area contributed by atoms with E-state index in [1.165, 1.54) is 16.7 Å². The first-order chi connectivity index (χ1) is 9.78. The van der Waals surface area contributed by atoms with Crippen LogP contribution in [0.2, 0.25) is 0 Å². The number of hydrogen-bond acceptors (Lipinski definition) is 1. The third kappa shape index (κ3) is 2.37. The molecular formula is C18H18N2. The van der Waals surface area contributed by atoms with Crippen molar-refractivity contribution in [2.75, 3.05) is 0 Å². The fourth-order valence-corrected chi connectivity index (χ4v) is 2.47. The number of rotatable bonds is 3. The Balaban J connectivity index is 1.97. The SMILES string of the molecule is CCc1ccc2[nH]c(/C=C/c3ccccc3)nc2c1C. The molecule has 100 valence electrons. The molecule has 0 bridgehead atoms.